The minimum absolute atomic E-state index is 0.326. The Labute approximate surface area is 125 Å². The number of aryl methyl sites for hydroxylation is 1. The van der Waals surface area contributed by atoms with E-state index in [1.807, 2.05) is 25.1 Å². The van der Waals surface area contributed by atoms with E-state index in [0.29, 0.717) is 12.2 Å². The highest BCUT2D eigenvalue weighted by molar-refractivity contribution is 9.10. The maximum atomic E-state index is 11.3. The first-order valence-electron chi connectivity index (χ1n) is 5.95. The van der Waals surface area contributed by atoms with Crippen molar-refractivity contribution >= 4 is 21.8 Å². The van der Waals surface area contributed by atoms with E-state index in [-0.39, 0.29) is 5.91 Å². The van der Waals surface area contributed by atoms with E-state index in [9.17, 15) is 4.79 Å². The minimum Gasteiger partial charge on any atom is -0.486 e. The molecule has 0 saturated carbocycles. The molecule has 1 heterocycles. The first kappa shape index (κ1) is 14.5. The number of carbonyl (C=O) groups excluding carboxylic acids is 1. The van der Waals surface area contributed by atoms with Crippen molar-refractivity contribution in [1.29, 1.82) is 0 Å². The van der Waals surface area contributed by atoms with Crippen LogP contribution in [0.2, 0.25) is 0 Å². The Morgan fingerprint density at radius 1 is 1.40 bits per heavy atom. The van der Waals surface area contributed by atoms with Gasteiger partial charge in [-0.1, -0.05) is 6.07 Å². The van der Waals surface area contributed by atoms with Gasteiger partial charge in [-0.05, 0) is 52.7 Å². The van der Waals surface area contributed by atoms with Gasteiger partial charge in [-0.25, -0.2) is 5.84 Å². The fraction of sp³-hybridized carbons (Fsp3) is 0.143. The normalized spacial score (nSPS) is 10.2. The molecule has 20 heavy (non-hydrogen) atoms. The van der Waals surface area contributed by atoms with Gasteiger partial charge in [0, 0.05) is 6.20 Å². The molecule has 5 nitrogen and oxygen atoms in total. The van der Waals surface area contributed by atoms with Gasteiger partial charge < -0.3 is 4.74 Å². The van der Waals surface area contributed by atoms with E-state index in [0.717, 1.165) is 21.5 Å². The summed E-state index contributed by atoms with van der Waals surface area (Å²) in [6.07, 6.45) is 1.46. The molecule has 2 aromatic rings. The number of halogens is 1. The van der Waals surface area contributed by atoms with Crippen molar-refractivity contribution in [2.24, 2.45) is 5.84 Å². The summed E-state index contributed by atoms with van der Waals surface area (Å²) in [5, 5.41) is 0. The number of ether oxygens (including phenoxy) is 1. The Hall–Kier alpha value is -1.92. The molecule has 0 radical (unpaired) electrons. The van der Waals surface area contributed by atoms with Crippen molar-refractivity contribution in [3.8, 4) is 5.75 Å². The van der Waals surface area contributed by atoms with Gasteiger partial charge in [0.2, 0.25) is 0 Å². The fourth-order valence-corrected chi connectivity index (χ4v) is 2.21. The van der Waals surface area contributed by atoms with E-state index < -0.39 is 0 Å². The number of carbonyl (C=O) groups is 1. The number of nitrogens with zero attached hydrogens (tertiary/aromatic N) is 1. The predicted octanol–water partition coefficient (Wildman–Crippen LogP) is 2.34. The summed E-state index contributed by atoms with van der Waals surface area (Å²) in [5.41, 5.74) is 4.35. The lowest BCUT2D eigenvalue weighted by Crippen LogP contribution is -2.30. The molecule has 6 heteroatoms. The lowest BCUT2D eigenvalue weighted by molar-refractivity contribution is 0.0953. The summed E-state index contributed by atoms with van der Waals surface area (Å²) >= 11 is 3.45. The zero-order valence-corrected chi connectivity index (χ0v) is 12.5. The minimum atomic E-state index is -0.369. The van der Waals surface area contributed by atoms with Gasteiger partial charge in [-0.15, -0.1) is 0 Å². The number of aromatic nitrogens is 1. The van der Waals surface area contributed by atoms with Crippen LogP contribution < -0.4 is 16.0 Å². The van der Waals surface area contributed by atoms with Crippen molar-refractivity contribution in [3.63, 3.8) is 0 Å². The maximum Gasteiger partial charge on any atom is 0.266 e. The number of hydrogen-bond donors (Lipinski definition) is 2. The van der Waals surface area contributed by atoms with Gasteiger partial charge >= 0.3 is 0 Å². The SMILES string of the molecule is Cc1ccc(OCc2ccc(C(=O)NN)cn2)c(Br)c1. The zero-order valence-electron chi connectivity index (χ0n) is 10.9. The number of nitrogen functional groups attached to an aromatic ring is 1. The molecule has 104 valence electrons. The molecule has 0 fully saturated rings. The summed E-state index contributed by atoms with van der Waals surface area (Å²) < 4.78 is 6.57. The molecule has 0 atom stereocenters. The number of benzene rings is 1. The molecule has 0 saturated heterocycles. The average molecular weight is 336 g/mol. The fourth-order valence-electron chi connectivity index (χ4n) is 1.60. The van der Waals surface area contributed by atoms with Gasteiger partial charge in [0.1, 0.15) is 12.4 Å². The summed E-state index contributed by atoms with van der Waals surface area (Å²) in [4.78, 5) is 15.4. The van der Waals surface area contributed by atoms with E-state index in [1.54, 1.807) is 12.1 Å². The highest BCUT2D eigenvalue weighted by atomic mass is 79.9. The number of hydrogen-bond acceptors (Lipinski definition) is 4. The second-order valence-corrected chi connectivity index (χ2v) is 5.09. The predicted molar refractivity (Wildman–Crippen MR) is 79.1 cm³/mol. The van der Waals surface area contributed by atoms with Gasteiger partial charge in [0.25, 0.3) is 5.91 Å². The number of hydrazine groups is 1. The molecule has 1 aromatic heterocycles. The standard InChI is InChI=1S/C14H14BrN3O2/c1-9-2-5-13(12(15)6-9)20-8-11-4-3-10(7-17-11)14(19)18-16/h2-7H,8,16H2,1H3,(H,18,19). The van der Waals surface area contributed by atoms with E-state index in [4.69, 9.17) is 10.6 Å². The summed E-state index contributed by atoms with van der Waals surface area (Å²) in [6, 6.07) is 9.24. The number of nitrogens with two attached hydrogens (primary N) is 1. The maximum absolute atomic E-state index is 11.3. The molecule has 0 bridgehead atoms. The highest BCUT2D eigenvalue weighted by Crippen LogP contribution is 2.26. The number of rotatable bonds is 4. The summed E-state index contributed by atoms with van der Waals surface area (Å²) in [5.74, 6) is 5.43. The molecule has 2 rings (SSSR count). The van der Waals surface area contributed by atoms with Crippen LogP contribution in [0.15, 0.2) is 41.0 Å². The number of amides is 1. The first-order chi connectivity index (χ1) is 9.60. The molecule has 0 aliphatic heterocycles. The topological polar surface area (TPSA) is 77.2 Å². The van der Waals surface area contributed by atoms with Crippen LogP contribution >= 0.6 is 15.9 Å². The van der Waals surface area contributed by atoms with Crippen LogP contribution in [0.4, 0.5) is 0 Å². The first-order valence-corrected chi connectivity index (χ1v) is 6.74. The molecule has 3 N–H and O–H groups in total. The monoisotopic (exact) mass is 335 g/mol. The molecular formula is C14H14BrN3O2. The largest absolute Gasteiger partial charge is 0.486 e. The Bertz CT molecular complexity index is 614. The van der Waals surface area contributed by atoms with Gasteiger partial charge in [0.15, 0.2) is 0 Å². The van der Waals surface area contributed by atoms with Crippen LogP contribution in [0.1, 0.15) is 21.6 Å². The summed E-state index contributed by atoms with van der Waals surface area (Å²) in [7, 11) is 0. The Morgan fingerprint density at radius 2 is 2.20 bits per heavy atom. The van der Waals surface area contributed by atoms with Gasteiger partial charge in [-0.3, -0.25) is 15.2 Å². The van der Waals surface area contributed by atoms with E-state index >= 15 is 0 Å². The molecular weight excluding hydrogens is 322 g/mol. The Balaban J connectivity index is 2.02. The molecule has 0 spiro atoms. The summed E-state index contributed by atoms with van der Waals surface area (Å²) in [6.45, 7) is 2.34. The third-order valence-electron chi connectivity index (χ3n) is 2.68. The zero-order chi connectivity index (χ0) is 14.5. The third kappa shape index (κ3) is 3.55. The van der Waals surface area contributed by atoms with Crippen molar-refractivity contribution in [1.82, 2.24) is 10.4 Å². The Kier molecular flexibility index (Phi) is 4.70. The molecule has 0 aliphatic rings. The third-order valence-corrected chi connectivity index (χ3v) is 3.30. The molecule has 0 aliphatic carbocycles. The lowest BCUT2D eigenvalue weighted by Gasteiger charge is -2.08. The van der Waals surface area contributed by atoms with E-state index in [2.05, 4.69) is 26.3 Å². The van der Waals surface area contributed by atoms with Crippen molar-refractivity contribution in [2.75, 3.05) is 0 Å². The average Bonchev–Trinajstić information content (AvgIpc) is 2.46. The van der Waals surface area contributed by atoms with Crippen LogP contribution in [-0.2, 0) is 6.61 Å². The number of pyridine rings is 1. The molecule has 1 amide bonds. The van der Waals surface area contributed by atoms with Crippen LogP contribution in [0.5, 0.6) is 5.75 Å². The number of nitrogens with one attached hydrogen (secondary N) is 1. The second kappa shape index (κ2) is 6.49. The Morgan fingerprint density at radius 3 is 2.80 bits per heavy atom. The van der Waals surface area contributed by atoms with Crippen molar-refractivity contribution < 1.29 is 9.53 Å². The van der Waals surface area contributed by atoms with Crippen LogP contribution in [0, 0.1) is 6.92 Å². The quantitative estimate of drug-likeness (QED) is 0.510. The lowest BCUT2D eigenvalue weighted by atomic mass is 10.2. The van der Waals surface area contributed by atoms with Crippen LogP contribution in [-0.4, -0.2) is 10.9 Å². The molecule has 1 aromatic carbocycles. The highest BCUT2D eigenvalue weighted by Gasteiger charge is 2.05. The molecule has 0 unspecified atom stereocenters. The van der Waals surface area contributed by atoms with Crippen molar-refractivity contribution in [3.05, 3.63) is 57.8 Å². The smallest absolute Gasteiger partial charge is 0.266 e. The second-order valence-electron chi connectivity index (χ2n) is 4.23. The van der Waals surface area contributed by atoms with Crippen LogP contribution in [0.3, 0.4) is 0 Å². The van der Waals surface area contributed by atoms with Crippen LogP contribution in [0.25, 0.3) is 0 Å². The van der Waals surface area contributed by atoms with E-state index in [1.165, 1.54) is 6.20 Å². The van der Waals surface area contributed by atoms with Gasteiger partial charge in [0.05, 0.1) is 15.7 Å². The van der Waals surface area contributed by atoms with Crippen molar-refractivity contribution in [2.45, 2.75) is 13.5 Å². The van der Waals surface area contributed by atoms with Gasteiger partial charge in [-0.2, -0.15) is 0 Å².